The van der Waals surface area contributed by atoms with E-state index in [-0.39, 0.29) is 6.07 Å². The average Bonchev–Trinajstić information content (AvgIpc) is 3.66. The van der Waals surface area contributed by atoms with Gasteiger partial charge in [-0.15, -0.1) is 0 Å². The highest BCUT2D eigenvalue weighted by atomic mass is 19.4. The lowest BCUT2D eigenvalue weighted by molar-refractivity contribution is -0.158. The first kappa shape index (κ1) is 50.5. The normalized spacial score (nSPS) is 14.0. The number of fused-ring (bicyclic) bond motifs is 2. The lowest BCUT2D eigenvalue weighted by atomic mass is 9.83. The lowest BCUT2D eigenvalue weighted by Crippen LogP contribution is -2.26. The van der Waals surface area contributed by atoms with Gasteiger partial charge in [0.1, 0.15) is 87.0 Å². The Kier molecular flexibility index (Phi) is 11.8. The van der Waals surface area contributed by atoms with E-state index in [0.717, 1.165) is 42.5 Å². The summed E-state index contributed by atoms with van der Waals surface area (Å²) in [6.07, 6.45) is -41.1. The smallest absolute Gasteiger partial charge is 0.206 e. The van der Waals surface area contributed by atoms with E-state index in [2.05, 4.69) is 0 Å². The van der Waals surface area contributed by atoms with Gasteiger partial charge in [0.05, 0.1) is 16.7 Å². The summed E-state index contributed by atoms with van der Waals surface area (Å²) in [5.41, 5.74) is -54.8. The van der Waals surface area contributed by atoms with Crippen molar-refractivity contribution in [1.29, 1.82) is 36.8 Å². The molecule has 346 valence electrons. The van der Waals surface area contributed by atoms with Crippen molar-refractivity contribution in [3.8, 4) is 42.5 Å². The average molecular weight is 985 g/mol. The maximum atomic E-state index is 15.6. The molecule has 7 nitrogen and oxygen atoms in total. The third-order valence-corrected chi connectivity index (χ3v) is 9.61. The van der Waals surface area contributed by atoms with Crippen LogP contribution in [0.5, 0.6) is 0 Å². The van der Waals surface area contributed by atoms with Crippen LogP contribution in [0.4, 0.5) is 96.6 Å². The van der Waals surface area contributed by atoms with Gasteiger partial charge in [-0.3, -0.25) is 0 Å². The quantitative estimate of drug-likeness (QED) is 0.182. The largest absolute Gasteiger partial charge is 0.422 e. The van der Waals surface area contributed by atoms with Crippen LogP contribution in [0.2, 0.25) is 0 Å². The molecule has 0 fully saturated rings. The van der Waals surface area contributed by atoms with Crippen molar-refractivity contribution in [3.05, 3.63) is 113 Å². The van der Waals surface area contributed by atoms with Gasteiger partial charge in [-0.2, -0.15) is 116 Å². The molecule has 0 atom stereocenters. The standard InChI is InChI=1S/C39HF22N7/c40-30-24(34(44,45)46)22(25(35(47,48)49)31(41)28(30)38(56,57)58)20-13(6-66)11-1-12-16(9(2-62)3-63)21(15(8-68)18(12)14(7-67)19(11)17(20)10(4-64)5-65)23-26(36(50,51)52)32(42)29(39(59,60)61)33(43)27(23)37(53,54)55/h1H. The Bertz CT molecular complexity index is 3180. The molecule has 0 saturated carbocycles. The van der Waals surface area contributed by atoms with Crippen LogP contribution in [0.15, 0.2) is 17.2 Å². The van der Waals surface area contributed by atoms with Gasteiger partial charge in [0.25, 0.3) is 0 Å². The third kappa shape index (κ3) is 7.40. The fraction of sp³-hybridized carbons (Fsp3) is 0.154. The third-order valence-electron chi connectivity index (χ3n) is 9.61. The molecule has 0 amide bonds. The first-order valence-electron chi connectivity index (χ1n) is 16.6. The van der Waals surface area contributed by atoms with E-state index >= 15 is 17.6 Å². The van der Waals surface area contributed by atoms with Crippen molar-refractivity contribution in [2.45, 2.75) is 37.1 Å². The number of benzene rings is 3. The van der Waals surface area contributed by atoms with Gasteiger partial charge < -0.3 is 0 Å². The second-order valence-corrected chi connectivity index (χ2v) is 13.1. The fourth-order valence-electron chi connectivity index (χ4n) is 7.43. The molecule has 2 aliphatic carbocycles. The van der Waals surface area contributed by atoms with Crippen molar-refractivity contribution in [2.75, 3.05) is 0 Å². The van der Waals surface area contributed by atoms with Crippen LogP contribution in [0.25, 0.3) is 33.4 Å². The Morgan fingerprint density at radius 2 is 0.632 bits per heavy atom. The van der Waals surface area contributed by atoms with Crippen molar-refractivity contribution in [1.82, 2.24) is 0 Å². The Balaban J connectivity index is 2.25. The van der Waals surface area contributed by atoms with Gasteiger partial charge >= 0.3 is 37.1 Å². The summed E-state index contributed by atoms with van der Waals surface area (Å²) in [6.45, 7) is 0. The van der Waals surface area contributed by atoms with Crippen LogP contribution in [0, 0.1) is 103 Å². The minimum atomic E-state index is -6.88. The predicted molar refractivity (Wildman–Crippen MR) is 175 cm³/mol. The monoisotopic (exact) mass is 985 g/mol. The van der Waals surface area contributed by atoms with Crippen LogP contribution < -0.4 is 0 Å². The summed E-state index contributed by atoms with van der Waals surface area (Å²) in [6, 6.07) is 5.63. The van der Waals surface area contributed by atoms with Crippen molar-refractivity contribution < 1.29 is 96.6 Å². The van der Waals surface area contributed by atoms with Crippen LogP contribution in [-0.2, 0) is 37.1 Å². The van der Waals surface area contributed by atoms with Crippen molar-refractivity contribution in [3.63, 3.8) is 0 Å². The number of alkyl halides is 18. The zero-order valence-corrected chi connectivity index (χ0v) is 31.0. The van der Waals surface area contributed by atoms with Crippen LogP contribution >= 0.6 is 0 Å². The van der Waals surface area contributed by atoms with E-state index in [0.29, 0.717) is 0 Å². The van der Waals surface area contributed by atoms with Crippen LogP contribution in [-0.4, -0.2) is 0 Å². The van der Waals surface area contributed by atoms with Gasteiger partial charge in [0.15, 0.2) is 23.3 Å². The number of allylic oxidation sites excluding steroid dienone is 8. The Morgan fingerprint density at radius 1 is 0.338 bits per heavy atom. The molecule has 0 spiro atoms. The maximum absolute atomic E-state index is 15.6. The molecule has 0 saturated heterocycles. The number of rotatable bonds is 2. The summed E-state index contributed by atoms with van der Waals surface area (Å²) in [4.78, 5) is 0. The number of nitriles is 7. The summed E-state index contributed by atoms with van der Waals surface area (Å²) >= 11 is 0. The molecule has 0 aromatic heterocycles. The van der Waals surface area contributed by atoms with Gasteiger partial charge in [-0.25, -0.2) is 17.6 Å². The molecule has 3 aromatic carbocycles. The highest BCUT2D eigenvalue weighted by Gasteiger charge is 2.57. The predicted octanol–water partition coefficient (Wildman–Crippen LogP) is 12.7. The molecule has 0 heterocycles. The maximum Gasteiger partial charge on any atom is 0.422 e. The van der Waals surface area contributed by atoms with Gasteiger partial charge in [0, 0.05) is 50.1 Å². The second-order valence-electron chi connectivity index (χ2n) is 13.1. The zero-order chi connectivity index (χ0) is 52.1. The summed E-state index contributed by atoms with van der Waals surface area (Å²) in [5, 5.41) is 70.5. The number of halogens is 22. The fourth-order valence-corrected chi connectivity index (χ4v) is 7.43. The Labute approximate surface area is 359 Å². The van der Waals surface area contributed by atoms with E-state index in [1.165, 1.54) is 0 Å². The lowest BCUT2D eigenvalue weighted by Gasteiger charge is -2.25. The first-order chi connectivity index (χ1) is 31.0. The molecule has 0 radical (unpaired) electrons. The van der Waals surface area contributed by atoms with Crippen LogP contribution in [0.3, 0.4) is 0 Å². The van der Waals surface area contributed by atoms with Crippen molar-refractivity contribution in [2.24, 2.45) is 0 Å². The minimum absolute atomic E-state index is 0.133. The summed E-state index contributed by atoms with van der Waals surface area (Å²) in [7, 11) is 0. The molecule has 5 rings (SSSR count). The van der Waals surface area contributed by atoms with E-state index in [9.17, 15) is 116 Å². The molecule has 0 N–H and O–H groups in total. The number of hydrogen-bond acceptors (Lipinski definition) is 7. The molecular formula is C39HF22N7. The molecule has 3 aromatic rings. The molecule has 29 heteroatoms. The molecule has 0 bridgehead atoms. The topological polar surface area (TPSA) is 167 Å². The van der Waals surface area contributed by atoms with Crippen LogP contribution in [0.1, 0.15) is 72.3 Å². The van der Waals surface area contributed by atoms with E-state index < -0.39 is 177 Å². The molecule has 2 aliphatic rings. The van der Waals surface area contributed by atoms with Crippen molar-refractivity contribution >= 4 is 33.4 Å². The summed E-state index contributed by atoms with van der Waals surface area (Å²) in [5.74, 6) is -15.6. The SMILES string of the molecule is N#CC(C#N)=C1C(c2c(C(F)(F)F)c(F)c(C(F)(F)F)c(F)c2C(F)(F)F)=C(C#N)c2c1cc1c(c2C#N)C(=C(C#N)C#N)C(c2c(C(F)(F)F)c(F)c(C(F)(F)F)c(F)c2C(F)(F)F)=C1C#N. The highest BCUT2D eigenvalue weighted by molar-refractivity contribution is 6.31. The highest BCUT2D eigenvalue weighted by Crippen LogP contribution is 2.62. The Hall–Kier alpha value is -8.49. The van der Waals surface area contributed by atoms with Gasteiger partial charge in [-0.1, -0.05) is 0 Å². The molecular weight excluding hydrogens is 984 g/mol. The number of nitrogens with zero attached hydrogens (tertiary/aromatic N) is 7. The molecule has 68 heavy (non-hydrogen) atoms. The Morgan fingerprint density at radius 3 is 0.897 bits per heavy atom. The van der Waals surface area contributed by atoms with E-state index in [1.54, 1.807) is 0 Å². The van der Waals surface area contributed by atoms with E-state index in [4.69, 9.17) is 0 Å². The first-order valence-corrected chi connectivity index (χ1v) is 16.6. The minimum Gasteiger partial charge on any atom is -0.206 e. The van der Waals surface area contributed by atoms with Gasteiger partial charge in [0.2, 0.25) is 0 Å². The molecule has 0 aliphatic heterocycles. The number of hydrogen-bond donors (Lipinski definition) is 0. The second kappa shape index (κ2) is 15.8. The summed E-state index contributed by atoms with van der Waals surface area (Å²) < 4.78 is 322. The zero-order valence-electron chi connectivity index (χ0n) is 31.0. The molecule has 0 unspecified atom stereocenters. The van der Waals surface area contributed by atoms with E-state index in [1.807, 2.05) is 0 Å². The van der Waals surface area contributed by atoms with Gasteiger partial charge in [-0.05, 0) is 11.6 Å².